The number of rotatable bonds is 5. The SMILES string of the molecule is CCC(CC)(CO)NC(=O)c1ccc(N)cn1. The average molecular weight is 237 g/mol. The van der Waals surface area contributed by atoms with E-state index in [-0.39, 0.29) is 12.5 Å². The Morgan fingerprint density at radius 2 is 2.12 bits per heavy atom. The smallest absolute Gasteiger partial charge is 0.270 e. The molecule has 0 bridgehead atoms. The number of anilines is 1. The van der Waals surface area contributed by atoms with Crippen LogP contribution in [0.4, 0.5) is 5.69 Å². The molecule has 0 spiro atoms. The Bertz CT molecular complexity index is 364. The molecule has 1 rings (SSSR count). The number of hydrogen-bond donors (Lipinski definition) is 3. The van der Waals surface area contributed by atoms with Crippen LogP contribution in [0.5, 0.6) is 0 Å². The lowest BCUT2D eigenvalue weighted by Crippen LogP contribution is -2.50. The molecule has 5 nitrogen and oxygen atoms in total. The van der Waals surface area contributed by atoms with Crippen molar-refractivity contribution < 1.29 is 9.90 Å². The Labute approximate surface area is 101 Å². The zero-order chi connectivity index (χ0) is 12.9. The first-order chi connectivity index (χ1) is 8.06. The summed E-state index contributed by atoms with van der Waals surface area (Å²) >= 11 is 0. The molecule has 4 N–H and O–H groups in total. The summed E-state index contributed by atoms with van der Waals surface area (Å²) in [5.41, 5.74) is 5.75. The number of nitrogens with zero attached hydrogens (tertiary/aromatic N) is 1. The van der Waals surface area contributed by atoms with Gasteiger partial charge in [-0.05, 0) is 25.0 Å². The van der Waals surface area contributed by atoms with E-state index in [9.17, 15) is 9.90 Å². The highest BCUT2D eigenvalue weighted by Gasteiger charge is 2.27. The predicted octanol–water partition coefficient (Wildman–Crippen LogP) is 0.945. The van der Waals surface area contributed by atoms with Gasteiger partial charge in [0.15, 0.2) is 0 Å². The van der Waals surface area contributed by atoms with Crippen LogP contribution in [0.2, 0.25) is 0 Å². The maximum atomic E-state index is 11.9. The molecule has 1 aromatic heterocycles. The van der Waals surface area contributed by atoms with Gasteiger partial charge in [-0.2, -0.15) is 0 Å². The molecule has 0 aliphatic carbocycles. The molecule has 0 saturated carbocycles. The van der Waals surface area contributed by atoms with Crippen LogP contribution in [0.3, 0.4) is 0 Å². The van der Waals surface area contributed by atoms with E-state index in [1.807, 2.05) is 13.8 Å². The van der Waals surface area contributed by atoms with Crippen molar-refractivity contribution >= 4 is 11.6 Å². The monoisotopic (exact) mass is 237 g/mol. The van der Waals surface area contributed by atoms with Gasteiger partial charge in [-0.1, -0.05) is 13.8 Å². The minimum Gasteiger partial charge on any atom is -0.397 e. The highest BCUT2D eigenvalue weighted by molar-refractivity contribution is 5.92. The second kappa shape index (κ2) is 5.63. The average Bonchev–Trinajstić information content (AvgIpc) is 2.37. The van der Waals surface area contributed by atoms with E-state index >= 15 is 0 Å². The van der Waals surface area contributed by atoms with Gasteiger partial charge in [-0.25, -0.2) is 4.98 Å². The van der Waals surface area contributed by atoms with E-state index in [4.69, 9.17) is 5.73 Å². The van der Waals surface area contributed by atoms with Gasteiger partial charge < -0.3 is 16.2 Å². The minimum atomic E-state index is -0.569. The minimum absolute atomic E-state index is 0.0826. The number of carbonyl (C=O) groups excluding carboxylic acids is 1. The van der Waals surface area contributed by atoms with Gasteiger partial charge >= 0.3 is 0 Å². The van der Waals surface area contributed by atoms with Gasteiger partial charge in [0, 0.05) is 0 Å². The first-order valence-corrected chi connectivity index (χ1v) is 5.72. The number of aromatic nitrogens is 1. The summed E-state index contributed by atoms with van der Waals surface area (Å²) in [5, 5.41) is 12.2. The topological polar surface area (TPSA) is 88.2 Å². The molecule has 0 aliphatic rings. The summed E-state index contributed by atoms with van der Waals surface area (Å²) in [7, 11) is 0. The lowest BCUT2D eigenvalue weighted by molar-refractivity contribution is 0.0813. The van der Waals surface area contributed by atoms with Crippen LogP contribution in [-0.4, -0.2) is 28.1 Å². The fraction of sp³-hybridized carbons (Fsp3) is 0.500. The number of carbonyl (C=O) groups is 1. The van der Waals surface area contributed by atoms with Crippen LogP contribution in [0, 0.1) is 0 Å². The molecule has 0 atom stereocenters. The maximum absolute atomic E-state index is 11.9. The molecule has 0 saturated heterocycles. The molecule has 0 unspecified atom stereocenters. The van der Waals surface area contributed by atoms with Gasteiger partial charge in [0.1, 0.15) is 5.69 Å². The summed E-state index contributed by atoms with van der Waals surface area (Å²) < 4.78 is 0. The highest BCUT2D eigenvalue weighted by Crippen LogP contribution is 2.15. The normalized spacial score (nSPS) is 11.2. The quantitative estimate of drug-likeness (QED) is 0.711. The maximum Gasteiger partial charge on any atom is 0.270 e. The summed E-state index contributed by atoms with van der Waals surface area (Å²) in [5.74, 6) is -0.289. The largest absolute Gasteiger partial charge is 0.397 e. The van der Waals surface area contributed by atoms with E-state index in [0.717, 1.165) is 0 Å². The van der Waals surface area contributed by atoms with Crippen molar-refractivity contribution in [3.8, 4) is 0 Å². The van der Waals surface area contributed by atoms with Gasteiger partial charge in [0.2, 0.25) is 0 Å². The van der Waals surface area contributed by atoms with Crippen molar-refractivity contribution in [1.82, 2.24) is 10.3 Å². The zero-order valence-corrected chi connectivity index (χ0v) is 10.2. The van der Waals surface area contributed by atoms with Gasteiger partial charge in [0.05, 0.1) is 24.0 Å². The van der Waals surface area contributed by atoms with Crippen LogP contribution in [-0.2, 0) is 0 Å². The van der Waals surface area contributed by atoms with Crippen LogP contribution < -0.4 is 11.1 Å². The third kappa shape index (κ3) is 3.17. The molecule has 1 heterocycles. The number of nitrogens with one attached hydrogen (secondary N) is 1. The van der Waals surface area contributed by atoms with Gasteiger partial charge in [-0.3, -0.25) is 4.79 Å². The van der Waals surface area contributed by atoms with Crippen molar-refractivity contribution in [3.05, 3.63) is 24.0 Å². The first-order valence-electron chi connectivity index (χ1n) is 5.72. The second-order valence-corrected chi connectivity index (χ2v) is 4.08. The van der Waals surface area contributed by atoms with Crippen LogP contribution in [0.1, 0.15) is 37.2 Å². The number of pyridine rings is 1. The van der Waals surface area contributed by atoms with Crippen LogP contribution >= 0.6 is 0 Å². The summed E-state index contributed by atoms with van der Waals surface area (Å²) in [6.07, 6.45) is 2.77. The summed E-state index contributed by atoms with van der Waals surface area (Å²) in [6, 6.07) is 3.19. The summed E-state index contributed by atoms with van der Waals surface area (Å²) in [4.78, 5) is 15.9. The van der Waals surface area contributed by atoms with Crippen LogP contribution in [0.25, 0.3) is 0 Å². The molecule has 17 heavy (non-hydrogen) atoms. The zero-order valence-electron chi connectivity index (χ0n) is 10.2. The number of hydrogen-bond acceptors (Lipinski definition) is 4. The molecule has 0 aliphatic heterocycles. The fourth-order valence-corrected chi connectivity index (χ4v) is 1.53. The first kappa shape index (κ1) is 13.4. The van der Waals surface area contributed by atoms with E-state index in [2.05, 4.69) is 10.3 Å². The Morgan fingerprint density at radius 3 is 2.53 bits per heavy atom. The number of nitrogen functional groups attached to an aromatic ring is 1. The van der Waals surface area contributed by atoms with Crippen molar-refractivity contribution in [2.24, 2.45) is 0 Å². The molecular weight excluding hydrogens is 218 g/mol. The van der Waals surface area contributed by atoms with E-state index < -0.39 is 5.54 Å². The Hall–Kier alpha value is -1.62. The van der Waals surface area contributed by atoms with E-state index in [1.165, 1.54) is 6.20 Å². The number of nitrogens with two attached hydrogens (primary N) is 1. The van der Waals surface area contributed by atoms with E-state index in [0.29, 0.717) is 24.2 Å². The second-order valence-electron chi connectivity index (χ2n) is 4.08. The molecule has 0 fully saturated rings. The Balaban J connectivity index is 2.81. The molecule has 5 heteroatoms. The molecular formula is C12H19N3O2. The van der Waals surface area contributed by atoms with Gasteiger partial charge in [-0.15, -0.1) is 0 Å². The molecule has 0 aromatic carbocycles. The third-order valence-corrected chi connectivity index (χ3v) is 3.05. The number of amides is 1. The predicted molar refractivity (Wildman–Crippen MR) is 66.5 cm³/mol. The number of aliphatic hydroxyl groups excluding tert-OH is 1. The molecule has 1 aromatic rings. The fourth-order valence-electron chi connectivity index (χ4n) is 1.53. The van der Waals surface area contributed by atoms with Crippen molar-refractivity contribution in [2.75, 3.05) is 12.3 Å². The molecule has 1 amide bonds. The van der Waals surface area contributed by atoms with Crippen molar-refractivity contribution in [2.45, 2.75) is 32.2 Å². The Morgan fingerprint density at radius 1 is 1.47 bits per heavy atom. The molecule has 0 radical (unpaired) electrons. The Kier molecular flexibility index (Phi) is 4.45. The summed E-state index contributed by atoms with van der Waals surface area (Å²) in [6.45, 7) is 3.77. The van der Waals surface area contributed by atoms with E-state index in [1.54, 1.807) is 12.1 Å². The molecule has 94 valence electrons. The highest BCUT2D eigenvalue weighted by atomic mass is 16.3. The van der Waals surface area contributed by atoms with Crippen molar-refractivity contribution in [1.29, 1.82) is 0 Å². The lowest BCUT2D eigenvalue weighted by atomic mass is 9.93. The van der Waals surface area contributed by atoms with Crippen molar-refractivity contribution in [3.63, 3.8) is 0 Å². The third-order valence-electron chi connectivity index (χ3n) is 3.05. The van der Waals surface area contributed by atoms with Crippen LogP contribution in [0.15, 0.2) is 18.3 Å². The van der Waals surface area contributed by atoms with Gasteiger partial charge in [0.25, 0.3) is 5.91 Å². The lowest BCUT2D eigenvalue weighted by Gasteiger charge is -2.30. The number of aliphatic hydroxyl groups is 1. The standard InChI is InChI=1S/C12H19N3O2/c1-3-12(4-2,8-16)15-11(17)10-6-5-9(13)7-14-10/h5-7,16H,3-4,8,13H2,1-2H3,(H,15,17).